The van der Waals surface area contributed by atoms with E-state index in [4.69, 9.17) is 4.74 Å². The monoisotopic (exact) mass is 326 g/mol. The molecule has 1 aliphatic heterocycles. The highest BCUT2D eigenvalue weighted by Crippen LogP contribution is 2.22. The van der Waals surface area contributed by atoms with Gasteiger partial charge in [0.25, 0.3) is 17.4 Å². The van der Waals surface area contributed by atoms with E-state index in [1.165, 1.54) is 9.47 Å². The zero-order chi connectivity index (χ0) is 17.1. The van der Waals surface area contributed by atoms with Crippen LogP contribution >= 0.6 is 0 Å². The molecule has 0 fully saturated rings. The average Bonchev–Trinajstić information content (AvgIpc) is 2.83. The Morgan fingerprint density at radius 2 is 1.58 bits per heavy atom. The molecule has 1 aliphatic rings. The SMILES string of the molecule is CCOc1cccn(CCCN2C(=O)c3ccccc3C2=O)c1=O. The number of benzene rings is 1. The van der Waals surface area contributed by atoms with Gasteiger partial charge in [0.05, 0.1) is 17.7 Å². The van der Waals surface area contributed by atoms with Gasteiger partial charge in [-0.05, 0) is 37.6 Å². The van der Waals surface area contributed by atoms with Gasteiger partial charge in [-0.3, -0.25) is 19.3 Å². The van der Waals surface area contributed by atoms with Crippen molar-refractivity contribution in [2.24, 2.45) is 0 Å². The Kier molecular flexibility index (Phi) is 4.46. The molecule has 2 aromatic rings. The lowest BCUT2D eigenvalue weighted by Crippen LogP contribution is -2.32. The Labute approximate surface area is 139 Å². The van der Waals surface area contributed by atoms with Gasteiger partial charge in [0.15, 0.2) is 5.75 Å². The number of amides is 2. The number of rotatable bonds is 6. The number of pyridine rings is 1. The number of carbonyl (C=O) groups excluding carboxylic acids is 2. The van der Waals surface area contributed by atoms with E-state index in [-0.39, 0.29) is 23.9 Å². The second-order valence-corrected chi connectivity index (χ2v) is 5.47. The summed E-state index contributed by atoms with van der Waals surface area (Å²) in [5.41, 5.74) is 0.678. The molecule has 24 heavy (non-hydrogen) atoms. The molecule has 0 unspecified atom stereocenters. The van der Waals surface area contributed by atoms with Crippen LogP contribution in [0.2, 0.25) is 0 Å². The van der Waals surface area contributed by atoms with E-state index in [1.807, 2.05) is 6.92 Å². The van der Waals surface area contributed by atoms with E-state index in [0.717, 1.165) is 0 Å². The second kappa shape index (κ2) is 6.70. The van der Waals surface area contributed by atoms with Crippen molar-refractivity contribution in [3.8, 4) is 5.75 Å². The number of fused-ring (bicyclic) bond motifs is 1. The van der Waals surface area contributed by atoms with E-state index >= 15 is 0 Å². The summed E-state index contributed by atoms with van der Waals surface area (Å²) < 4.78 is 6.81. The molecule has 3 rings (SSSR count). The van der Waals surface area contributed by atoms with Crippen LogP contribution in [0, 0.1) is 0 Å². The van der Waals surface area contributed by atoms with Crippen molar-refractivity contribution >= 4 is 11.8 Å². The maximum atomic E-state index is 12.3. The molecule has 1 aromatic carbocycles. The quantitative estimate of drug-likeness (QED) is 0.761. The van der Waals surface area contributed by atoms with Crippen LogP contribution in [0.1, 0.15) is 34.1 Å². The molecule has 0 saturated carbocycles. The maximum Gasteiger partial charge on any atom is 0.292 e. The Balaban J connectivity index is 1.66. The molecule has 2 amide bonds. The highest BCUT2D eigenvalue weighted by Gasteiger charge is 2.34. The van der Waals surface area contributed by atoms with Crippen LogP contribution in [0.25, 0.3) is 0 Å². The smallest absolute Gasteiger partial charge is 0.292 e. The molecule has 0 saturated heterocycles. The minimum absolute atomic E-state index is 0.207. The minimum Gasteiger partial charge on any atom is -0.488 e. The zero-order valence-electron chi connectivity index (χ0n) is 13.4. The van der Waals surface area contributed by atoms with E-state index < -0.39 is 0 Å². The molecule has 0 atom stereocenters. The lowest BCUT2D eigenvalue weighted by molar-refractivity contribution is 0.0650. The number of aromatic nitrogens is 1. The van der Waals surface area contributed by atoms with E-state index in [0.29, 0.717) is 36.4 Å². The van der Waals surface area contributed by atoms with Gasteiger partial charge in [0, 0.05) is 19.3 Å². The fraction of sp³-hybridized carbons (Fsp3) is 0.278. The summed E-state index contributed by atoms with van der Waals surface area (Å²) >= 11 is 0. The molecule has 0 aliphatic carbocycles. The van der Waals surface area contributed by atoms with Crippen molar-refractivity contribution < 1.29 is 14.3 Å². The van der Waals surface area contributed by atoms with E-state index in [9.17, 15) is 14.4 Å². The lowest BCUT2D eigenvalue weighted by atomic mass is 10.1. The van der Waals surface area contributed by atoms with E-state index in [1.54, 1.807) is 42.6 Å². The van der Waals surface area contributed by atoms with Gasteiger partial charge in [-0.2, -0.15) is 0 Å². The minimum atomic E-state index is -0.272. The highest BCUT2D eigenvalue weighted by atomic mass is 16.5. The molecule has 0 radical (unpaired) electrons. The first kappa shape index (κ1) is 16.0. The fourth-order valence-corrected chi connectivity index (χ4v) is 2.80. The van der Waals surface area contributed by atoms with Crippen molar-refractivity contribution in [3.05, 3.63) is 64.1 Å². The highest BCUT2D eigenvalue weighted by molar-refractivity contribution is 6.21. The van der Waals surface area contributed by atoms with Gasteiger partial charge in [0.1, 0.15) is 0 Å². The predicted octanol–water partition coefficient (Wildman–Crippen LogP) is 1.93. The topological polar surface area (TPSA) is 68.6 Å². The average molecular weight is 326 g/mol. The Bertz CT molecular complexity index is 806. The van der Waals surface area contributed by atoms with Crippen molar-refractivity contribution in [1.82, 2.24) is 9.47 Å². The molecule has 6 heteroatoms. The standard InChI is InChI=1S/C18H18N2O4/c1-2-24-15-9-5-10-19(18(15)23)11-6-12-20-16(21)13-7-3-4-8-14(13)17(20)22/h3-5,7-10H,2,6,11-12H2,1H3. The van der Waals surface area contributed by atoms with Gasteiger partial charge in [0.2, 0.25) is 0 Å². The van der Waals surface area contributed by atoms with Crippen LogP contribution in [0.15, 0.2) is 47.4 Å². The van der Waals surface area contributed by atoms with Gasteiger partial charge in [-0.15, -0.1) is 0 Å². The summed E-state index contributed by atoms with van der Waals surface area (Å²) in [6, 6.07) is 10.2. The third-order valence-electron chi connectivity index (χ3n) is 3.94. The van der Waals surface area contributed by atoms with Gasteiger partial charge in [-0.1, -0.05) is 12.1 Å². The zero-order valence-corrected chi connectivity index (χ0v) is 13.4. The number of carbonyl (C=O) groups is 2. The number of hydrogen-bond donors (Lipinski definition) is 0. The van der Waals surface area contributed by atoms with Crippen LogP contribution < -0.4 is 10.3 Å². The Morgan fingerprint density at radius 1 is 0.917 bits per heavy atom. The lowest BCUT2D eigenvalue weighted by Gasteiger charge is -2.14. The van der Waals surface area contributed by atoms with Gasteiger partial charge >= 0.3 is 0 Å². The summed E-state index contributed by atoms with van der Waals surface area (Å²) in [6.07, 6.45) is 2.17. The van der Waals surface area contributed by atoms with Crippen LogP contribution in [0.5, 0.6) is 5.75 Å². The molecule has 6 nitrogen and oxygen atoms in total. The molecule has 0 N–H and O–H groups in total. The number of aryl methyl sites for hydroxylation is 1. The van der Waals surface area contributed by atoms with Crippen LogP contribution in [0.3, 0.4) is 0 Å². The third-order valence-corrected chi connectivity index (χ3v) is 3.94. The van der Waals surface area contributed by atoms with Crippen molar-refractivity contribution in [1.29, 1.82) is 0 Å². The molecular weight excluding hydrogens is 308 g/mol. The van der Waals surface area contributed by atoms with Crippen LogP contribution in [-0.2, 0) is 6.54 Å². The molecular formula is C18H18N2O4. The molecule has 0 bridgehead atoms. The maximum absolute atomic E-state index is 12.3. The number of ether oxygens (including phenoxy) is 1. The molecule has 2 heterocycles. The fourth-order valence-electron chi connectivity index (χ4n) is 2.80. The third kappa shape index (κ3) is 2.82. The summed E-state index contributed by atoms with van der Waals surface area (Å²) in [4.78, 5) is 38.0. The molecule has 1 aromatic heterocycles. The first-order valence-corrected chi connectivity index (χ1v) is 7.91. The number of hydrogen-bond acceptors (Lipinski definition) is 4. The summed E-state index contributed by atoms with van der Waals surface area (Å²) in [6.45, 7) is 2.93. The summed E-state index contributed by atoms with van der Waals surface area (Å²) in [7, 11) is 0. The molecule has 124 valence electrons. The largest absolute Gasteiger partial charge is 0.488 e. The van der Waals surface area contributed by atoms with Crippen molar-refractivity contribution in [2.75, 3.05) is 13.2 Å². The summed E-state index contributed by atoms with van der Waals surface area (Å²) in [5.74, 6) is -0.238. The van der Waals surface area contributed by atoms with Gasteiger partial charge in [-0.25, -0.2) is 0 Å². The summed E-state index contributed by atoms with van der Waals surface area (Å²) in [5, 5.41) is 0. The first-order valence-electron chi connectivity index (χ1n) is 7.91. The van der Waals surface area contributed by atoms with Crippen molar-refractivity contribution in [2.45, 2.75) is 19.9 Å². The Morgan fingerprint density at radius 3 is 2.21 bits per heavy atom. The van der Waals surface area contributed by atoms with Crippen molar-refractivity contribution in [3.63, 3.8) is 0 Å². The Hall–Kier alpha value is -2.89. The number of imide groups is 1. The molecule has 0 spiro atoms. The van der Waals surface area contributed by atoms with Gasteiger partial charge < -0.3 is 9.30 Å². The second-order valence-electron chi connectivity index (χ2n) is 5.47. The predicted molar refractivity (Wildman–Crippen MR) is 88.3 cm³/mol. The van der Waals surface area contributed by atoms with Crippen LogP contribution in [0.4, 0.5) is 0 Å². The van der Waals surface area contributed by atoms with Crippen LogP contribution in [-0.4, -0.2) is 34.4 Å². The first-order chi connectivity index (χ1) is 11.6. The normalized spacial score (nSPS) is 13.3. The van der Waals surface area contributed by atoms with E-state index in [2.05, 4.69) is 0 Å². The number of nitrogens with zero attached hydrogens (tertiary/aromatic N) is 2.